The van der Waals surface area contributed by atoms with Crippen LogP contribution in [0.4, 0.5) is 0 Å². The van der Waals surface area contributed by atoms with E-state index in [0.29, 0.717) is 10.9 Å². The molecule has 1 amide bonds. The van der Waals surface area contributed by atoms with Gasteiger partial charge in [0, 0.05) is 5.75 Å². The number of benzene rings is 1. The van der Waals surface area contributed by atoms with Crippen molar-refractivity contribution >= 4 is 60.7 Å². The SMILES string of the molecule is CCS(=O)(=O)C1=NN2C(=N)/C(=C\c3ccc(SCc4ccccc4)o3)C(=O)N=C2S1. The zero-order valence-corrected chi connectivity index (χ0v) is 18.2. The van der Waals surface area contributed by atoms with Crippen LogP contribution in [0.2, 0.25) is 0 Å². The zero-order chi connectivity index (χ0) is 21.3. The summed E-state index contributed by atoms with van der Waals surface area (Å²) in [7, 11) is -3.56. The Hall–Kier alpha value is -2.63. The van der Waals surface area contributed by atoms with Crippen molar-refractivity contribution in [2.45, 2.75) is 17.8 Å². The van der Waals surface area contributed by atoms with Gasteiger partial charge in [-0.3, -0.25) is 10.2 Å². The highest BCUT2D eigenvalue weighted by Gasteiger charge is 2.39. The standard InChI is InChI=1S/C19H16N4O4S3/c1-2-30(25,26)19-22-23-16(20)14(17(24)21-18(23)29-19)10-13-8-9-15(27-13)28-11-12-6-4-3-5-7-12/h3-10,20H,2,11H2,1H3/b14-10+,20-16?. The normalized spacial score (nSPS) is 17.9. The summed E-state index contributed by atoms with van der Waals surface area (Å²) in [5.74, 6) is 0.128. The van der Waals surface area contributed by atoms with Crippen LogP contribution in [0.5, 0.6) is 0 Å². The van der Waals surface area contributed by atoms with Crippen LogP contribution in [-0.4, -0.2) is 40.5 Å². The van der Waals surface area contributed by atoms with Gasteiger partial charge in [-0.05, 0) is 35.5 Å². The van der Waals surface area contributed by atoms with Crippen LogP contribution in [0.3, 0.4) is 0 Å². The fourth-order valence-electron chi connectivity index (χ4n) is 2.58. The highest BCUT2D eigenvalue weighted by Crippen LogP contribution is 2.31. The minimum Gasteiger partial charge on any atom is -0.450 e. The Morgan fingerprint density at radius 3 is 2.73 bits per heavy atom. The maximum atomic E-state index is 12.4. The van der Waals surface area contributed by atoms with Gasteiger partial charge in [-0.1, -0.05) is 49.0 Å². The molecule has 1 aromatic heterocycles. The van der Waals surface area contributed by atoms with Crippen molar-refractivity contribution in [3.8, 4) is 0 Å². The first-order valence-electron chi connectivity index (χ1n) is 8.87. The van der Waals surface area contributed by atoms with Gasteiger partial charge in [0.15, 0.2) is 10.9 Å². The lowest BCUT2D eigenvalue weighted by Gasteiger charge is -2.19. The van der Waals surface area contributed by atoms with Crippen molar-refractivity contribution in [1.82, 2.24) is 5.01 Å². The molecule has 154 valence electrons. The fourth-order valence-corrected chi connectivity index (χ4v) is 5.57. The number of carbonyl (C=O) groups is 1. The number of hydrogen-bond acceptors (Lipinski definition) is 8. The first-order valence-corrected chi connectivity index (χ1v) is 12.3. The van der Waals surface area contributed by atoms with Gasteiger partial charge in [0.1, 0.15) is 5.76 Å². The van der Waals surface area contributed by atoms with Gasteiger partial charge in [-0.25, -0.2) is 8.42 Å². The lowest BCUT2D eigenvalue weighted by atomic mass is 10.1. The number of hydrazone groups is 1. The summed E-state index contributed by atoms with van der Waals surface area (Å²) in [6.45, 7) is 1.50. The topological polar surface area (TPSA) is 116 Å². The molecule has 0 saturated carbocycles. The molecule has 0 atom stereocenters. The number of fused-ring (bicyclic) bond motifs is 1. The first-order chi connectivity index (χ1) is 14.4. The number of aliphatic imine (C=N–C) groups is 1. The van der Waals surface area contributed by atoms with E-state index in [-0.39, 0.29) is 26.7 Å². The van der Waals surface area contributed by atoms with Crippen molar-refractivity contribution in [3.63, 3.8) is 0 Å². The molecule has 3 heterocycles. The second-order valence-corrected chi connectivity index (χ2v) is 10.6. The van der Waals surface area contributed by atoms with Crippen LogP contribution < -0.4 is 0 Å². The number of thioether (sulfide) groups is 2. The molecule has 2 aromatic rings. The fraction of sp³-hybridized carbons (Fsp3) is 0.158. The summed E-state index contributed by atoms with van der Waals surface area (Å²) in [6, 6.07) is 13.4. The van der Waals surface area contributed by atoms with Gasteiger partial charge in [-0.2, -0.15) is 10.0 Å². The van der Waals surface area contributed by atoms with Crippen LogP contribution in [0, 0.1) is 5.41 Å². The summed E-state index contributed by atoms with van der Waals surface area (Å²) in [4.78, 5) is 16.3. The second kappa shape index (κ2) is 8.25. The van der Waals surface area contributed by atoms with Crippen molar-refractivity contribution < 1.29 is 17.6 Å². The molecule has 0 fully saturated rings. The highest BCUT2D eigenvalue weighted by molar-refractivity contribution is 8.42. The predicted molar refractivity (Wildman–Crippen MR) is 119 cm³/mol. The number of rotatable bonds is 5. The van der Waals surface area contributed by atoms with Crippen molar-refractivity contribution in [3.05, 3.63) is 59.4 Å². The molecule has 4 rings (SSSR count). The van der Waals surface area contributed by atoms with Gasteiger partial charge in [-0.15, -0.1) is 5.10 Å². The van der Waals surface area contributed by atoms with E-state index in [4.69, 9.17) is 9.83 Å². The molecule has 1 N–H and O–H groups in total. The summed E-state index contributed by atoms with van der Waals surface area (Å²) in [6.07, 6.45) is 1.42. The smallest absolute Gasteiger partial charge is 0.283 e. The third-order valence-corrected chi connectivity index (χ3v) is 8.26. The van der Waals surface area contributed by atoms with E-state index >= 15 is 0 Å². The Balaban J connectivity index is 1.53. The highest BCUT2D eigenvalue weighted by atomic mass is 32.3. The Kier molecular flexibility index (Phi) is 5.67. The van der Waals surface area contributed by atoms with Crippen molar-refractivity contribution in [2.24, 2.45) is 10.1 Å². The quantitative estimate of drug-likeness (QED) is 0.535. The maximum absolute atomic E-state index is 12.4. The summed E-state index contributed by atoms with van der Waals surface area (Å²) < 4.78 is 29.7. The lowest BCUT2D eigenvalue weighted by Crippen LogP contribution is -2.35. The third-order valence-electron chi connectivity index (χ3n) is 4.19. The molecular weight excluding hydrogens is 444 g/mol. The molecule has 8 nitrogen and oxygen atoms in total. The number of sulfone groups is 1. The Morgan fingerprint density at radius 2 is 2.00 bits per heavy atom. The number of furan rings is 1. The zero-order valence-electron chi connectivity index (χ0n) is 15.7. The Bertz CT molecular complexity index is 1210. The summed E-state index contributed by atoms with van der Waals surface area (Å²) in [5, 5.41) is 14.1. The molecule has 30 heavy (non-hydrogen) atoms. The van der Waals surface area contributed by atoms with Crippen LogP contribution >= 0.6 is 23.5 Å². The molecule has 11 heteroatoms. The lowest BCUT2D eigenvalue weighted by molar-refractivity contribution is -0.114. The molecule has 0 spiro atoms. The minimum atomic E-state index is -3.56. The summed E-state index contributed by atoms with van der Waals surface area (Å²) in [5.41, 5.74) is 1.14. The van der Waals surface area contributed by atoms with Crippen molar-refractivity contribution in [2.75, 3.05) is 5.75 Å². The molecule has 1 aromatic carbocycles. The van der Waals surface area contributed by atoms with E-state index in [1.165, 1.54) is 24.8 Å². The van der Waals surface area contributed by atoms with E-state index in [9.17, 15) is 13.2 Å². The Labute approximate surface area is 181 Å². The number of amides is 1. The van der Waals surface area contributed by atoms with Crippen molar-refractivity contribution in [1.29, 1.82) is 5.41 Å². The van der Waals surface area contributed by atoms with E-state index in [1.54, 1.807) is 12.1 Å². The maximum Gasteiger partial charge on any atom is 0.283 e. The molecular formula is C19H16N4O4S3. The monoisotopic (exact) mass is 460 g/mol. The third kappa shape index (κ3) is 4.13. The van der Waals surface area contributed by atoms with E-state index in [2.05, 4.69) is 10.1 Å². The number of amidine groups is 2. The molecule has 0 aliphatic carbocycles. The van der Waals surface area contributed by atoms with Gasteiger partial charge in [0.25, 0.3) is 5.91 Å². The van der Waals surface area contributed by atoms with Gasteiger partial charge in [0.2, 0.25) is 19.4 Å². The van der Waals surface area contributed by atoms with Gasteiger partial charge in [0.05, 0.1) is 11.3 Å². The molecule has 0 saturated heterocycles. The van der Waals surface area contributed by atoms with Crippen LogP contribution in [-0.2, 0) is 20.4 Å². The Morgan fingerprint density at radius 1 is 1.23 bits per heavy atom. The second-order valence-electron chi connectivity index (χ2n) is 6.22. The van der Waals surface area contributed by atoms with Gasteiger partial charge < -0.3 is 4.42 Å². The number of nitrogens with zero attached hydrogens (tertiary/aromatic N) is 3. The van der Waals surface area contributed by atoms with Gasteiger partial charge >= 0.3 is 0 Å². The van der Waals surface area contributed by atoms with E-state index in [0.717, 1.165) is 28.1 Å². The molecule has 0 bridgehead atoms. The summed E-state index contributed by atoms with van der Waals surface area (Å²) >= 11 is 2.29. The first kappa shape index (κ1) is 20.6. The molecule has 0 radical (unpaired) electrons. The number of hydrogen-bond donors (Lipinski definition) is 1. The number of carbonyl (C=O) groups excluding carboxylic acids is 1. The molecule has 2 aliphatic rings. The number of nitrogens with one attached hydrogen (secondary N) is 1. The average molecular weight is 461 g/mol. The van der Waals surface area contributed by atoms with E-state index < -0.39 is 15.7 Å². The van der Waals surface area contributed by atoms with Crippen LogP contribution in [0.15, 0.2) is 67.6 Å². The molecule has 0 unspecified atom stereocenters. The molecule has 2 aliphatic heterocycles. The largest absolute Gasteiger partial charge is 0.450 e. The van der Waals surface area contributed by atoms with Crippen LogP contribution in [0.1, 0.15) is 18.2 Å². The van der Waals surface area contributed by atoms with E-state index in [1.807, 2.05) is 30.3 Å². The van der Waals surface area contributed by atoms with Crippen LogP contribution in [0.25, 0.3) is 6.08 Å². The minimum absolute atomic E-state index is 0.0211. The average Bonchev–Trinajstić information content (AvgIpc) is 3.38. The predicted octanol–water partition coefficient (Wildman–Crippen LogP) is 3.58.